The van der Waals surface area contributed by atoms with E-state index in [0.29, 0.717) is 29.2 Å². The van der Waals surface area contributed by atoms with Crippen LogP contribution in [0.4, 0.5) is 5.69 Å². The highest BCUT2D eigenvalue weighted by molar-refractivity contribution is 6.30. The molecule has 0 spiro atoms. The lowest BCUT2D eigenvalue weighted by molar-refractivity contribution is -0.138. The molecule has 0 saturated carbocycles. The summed E-state index contributed by atoms with van der Waals surface area (Å²) in [7, 11) is 1.60. The first-order chi connectivity index (χ1) is 16.2. The van der Waals surface area contributed by atoms with E-state index in [1.54, 1.807) is 26.2 Å². The van der Waals surface area contributed by atoms with Crippen molar-refractivity contribution in [3.05, 3.63) is 81.8 Å². The second-order valence-corrected chi connectivity index (χ2v) is 9.78. The van der Waals surface area contributed by atoms with E-state index in [-0.39, 0.29) is 29.2 Å². The van der Waals surface area contributed by atoms with Crippen molar-refractivity contribution in [1.29, 1.82) is 0 Å². The molecule has 7 heteroatoms. The summed E-state index contributed by atoms with van der Waals surface area (Å²) in [5.41, 5.74) is 9.65. The van der Waals surface area contributed by atoms with Crippen molar-refractivity contribution in [1.82, 2.24) is 0 Å². The second-order valence-electron chi connectivity index (χ2n) is 9.34. The minimum Gasteiger partial charge on any atom is -0.497 e. The highest BCUT2D eigenvalue weighted by Gasteiger charge is 2.46. The summed E-state index contributed by atoms with van der Waals surface area (Å²) in [4.78, 5) is 28.8. The van der Waals surface area contributed by atoms with Crippen LogP contribution in [0.25, 0.3) is 0 Å². The Hall–Kier alpha value is -3.25. The Morgan fingerprint density at radius 3 is 2.35 bits per heavy atom. The third kappa shape index (κ3) is 4.30. The van der Waals surface area contributed by atoms with Crippen molar-refractivity contribution in [3.63, 3.8) is 0 Å². The van der Waals surface area contributed by atoms with Gasteiger partial charge in [0.25, 0.3) is 0 Å². The molecule has 1 aliphatic heterocycles. The van der Waals surface area contributed by atoms with Crippen molar-refractivity contribution in [2.75, 3.05) is 18.6 Å². The highest BCUT2D eigenvalue weighted by atomic mass is 35.5. The van der Waals surface area contributed by atoms with E-state index in [1.807, 2.05) is 41.3 Å². The van der Waals surface area contributed by atoms with Gasteiger partial charge < -0.3 is 15.2 Å². The van der Waals surface area contributed by atoms with Crippen LogP contribution in [0.3, 0.4) is 0 Å². The van der Waals surface area contributed by atoms with Crippen LogP contribution in [0.2, 0.25) is 5.02 Å². The van der Waals surface area contributed by atoms with Gasteiger partial charge in [0.05, 0.1) is 25.2 Å². The van der Waals surface area contributed by atoms with E-state index in [2.05, 4.69) is 13.8 Å². The van der Waals surface area contributed by atoms with Crippen LogP contribution in [0.5, 0.6) is 5.75 Å². The lowest BCUT2D eigenvalue weighted by Crippen LogP contribution is -2.43. The number of nitrogens with zero attached hydrogens (tertiary/aromatic N) is 1. The largest absolute Gasteiger partial charge is 0.497 e. The van der Waals surface area contributed by atoms with E-state index in [4.69, 9.17) is 26.8 Å². The third-order valence-electron chi connectivity index (χ3n) is 6.29. The molecule has 2 N–H and O–H groups in total. The van der Waals surface area contributed by atoms with Crippen LogP contribution in [-0.2, 0) is 14.3 Å². The summed E-state index contributed by atoms with van der Waals surface area (Å²) in [5.74, 6) is -0.221. The third-order valence-corrected chi connectivity index (χ3v) is 6.54. The van der Waals surface area contributed by atoms with Crippen LogP contribution in [0, 0.1) is 5.41 Å². The number of ketones is 1. The molecule has 2 aromatic rings. The number of methoxy groups -OCH3 is 1. The molecule has 2 aromatic carbocycles. The molecule has 0 bridgehead atoms. The van der Waals surface area contributed by atoms with Crippen LogP contribution < -0.4 is 15.4 Å². The van der Waals surface area contributed by atoms with Crippen molar-refractivity contribution >= 4 is 29.0 Å². The maximum absolute atomic E-state index is 13.7. The Morgan fingerprint density at radius 2 is 1.76 bits per heavy atom. The number of allylic oxidation sites excluding steroid dienone is 2. The number of halogens is 1. The molecule has 0 fully saturated rings. The van der Waals surface area contributed by atoms with Gasteiger partial charge in [-0.1, -0.05) is 37.6 Å². The number of Topliss-reactive ketones (excluding diaryl/α,β-unsaturated/α-hetero) is 1. The zero-order chi connectivity index (χ0) is 24.6. The normalized spacial score (nSPS) is 19.7. The number of esters is 1. The van der Waals surface area contributed by atoms with E-state index < -0.39 is 11.9 Å². The van der Waals surface area contributed by atoms with Crippen molar-refractivity contribution in [2.24, 2.45) is 11.1 Å². The van der Waals surface area contributed by atoms with Crippen molar-refractivity contribution < 1.29 is 19.1 Å². The second kappa shape index (κ2) is 9.18. The Bertz CT molecular complexity index is 1180. The Balaban J connectivity index is 2.00. The molecule has 1 aliphatic carbocycles. The number of anilines is 1. The lowest BCUT2D eigenvalue weighted by Gasteiger charge is -2.44. The van der Waals surface area contributed by atoms with Gasteiger partial charge in [0, 0.05) is 28.4 Å². The van der Waals surface area contributed by atoms with Gasteiger partial charge >= 0.3 is 5.97 Å². The summed E-state index contributed by atoms with van der Waals surface area (Å²) in [6.07, 6.45) is 1.00. The Morgan fingerprint density at radius 1 is 1.12 bits per heavy atom. The van der Waals surface area contributed by atoms with Gasteiger partial charge in [0.15, 0.2) is 5.78 Å². The first kappa shape index (κ1) is 23.9. The maximum Gasteiger partial charge on any atom is 0.338 e. The van der Waals surface area contributed by atoms with E-state index >= 15 is 0 Å². The SMILES string of the molecule is CCOC(=O)C1=C(N)N(c2ccc(OC)cc2)C2=C(C(=O)CC(C)(C)C2)[C@H]1c1ccc(Cl)cc1. The maximum atomic E-state index is 13.7. The number of benzene rings is 2. The van der Waals surface area contributed by atoms with Crippen molar-refractivity contribution in [3.8, 4) is 5.75 Å². The smallest absolute Gasteiger partial charge is 0.338 e. The number of ether oxygens (including phenoxy) is 2. The predicted molar refractivity (Wildman–Crippen MR) is 133 cm³/mol. The average Bonchev–Trinajstić information content (AvgIpc) is 2.78. The Kier molecular flexibility index (Phi) is 6.45. The fraction of sp³-hybridized carbons (Fsp3) is 0.333. The molecule has 0 amide bonds. The molecule has 1 atom stereocenters. The first-order valence-corrected chi connectivity index (χ1v) is 11.7. The number of hydrogen-bond acceptors (Lipinski definition) is 6. The fourth-order valence-corrected chi connectivity index (χ4v) is 4.96. The number of nitrogens with two attached hydrogens (primary N) is 1. The summed E-state index contributed by atoms with van der Waals surface area (Å²) < 4.78 is 10.7. The van der Waals surface area contributed by atoms with Gasteiger partial charge in [-0.05, 0) is 60.7 Å². The van der Waals surface area contributed by atoms with Gasteiger partial charge in [-0.15, -0.1) is 0 Å². The molecule has 0 saturated heterocycles. The minimum atomic E-state index is -0.635. The topological polar surface area (TPSA) is 81.9 Å². The number of hydrogen-bond donors (Lipinski definition) is 1. The molecule has 6 nitrogen and oxygen atoms in total. The molecule has 4 rings (SSSR count). The minimum absolute atomic E-state index is 0.000917. The summed E-state index contributed by atoms with van der Waals surface area (Å²) in [6, 6.07) is 14.6. The quantitative estimate of drug-likeness (QED) is 0.582. The van der Waals surface area contributed by atoms with Crippen molar-refractivity contribution in [2.45, 2.75) is 39.5 Å². The summed E-state index contributed by atoms with van der Waals surface area (Å²) >= 11 is 6.13. The highest BCUT2D eigenvalue weighted by Crippen LogP contribution is 2.50. The molecule has 178 valence electrons. The van der Waals surface area contributed by atoms with Crippen LogP contribution in [-0.4, -0.2) is 25.5 Å². The molecule has 0 unspecified atom stereocenters. The molecular weight excluding hydrogens is 452 g/mol. The van der Waals surface area contributed by atoms with Crippen LogP contribution >= 0.6 is 11.6 Å². The van der Waals surface area contributed by atoms with Gasteiger partial charge in [-0.3, -0.25) is 9.69 Å². The zero-order valence-corrected chi connectivity index (χ0v) is 20.6. The molecule has 0 radical (unpaired) electrons. The van der Waals surface area contributed by atoms with E-state index in [0.717, 1.165) is 16.9 Å². The lowest BCUT2D eigenvalue weighted by atomic mass is 9.68. The fourth-order valence-electron chi connectivity index (χ4n) is 4.83. The number of carbonyl (C=O) groups is 2. The van der Waals surface area contributed by atoms with Gasteiger partial charge in [0.1, 0.15) is 11.6 Å². The molecule has 2 aliphatic rings. The van der Waals surface area contributed by atoms with E-state index in [9.17, 15) is 9.59 Å². The summed E-state index contributed by atoms with van der Waals surface area (Å²) in [6.45, 7) is 6.07. The van der Waals surface area contributed by atoms with E-state index in [1.165, 1.54) is 0 Å². The van der Waals surface area contributed by atoms with Gasteiger partial charge in [0.2, 0.25) is 0 Å². The molecule has 1 heterocycles. The van der Waals surface area contributed by atoms with Crippen LogP contribution in [0.15, 0.2) is 71.2 Å². The molecular formula is C27H29ClN2O4. The van der Waals surface area contributed by atoms with Gasteiger partial charge in [-0.25, -0.2) is 4.79 Å². The molecule has 34 heavy (non-hydrogen) atoms. The zero-order valence-electron chi connectivity index (χ0n) is 19.9. The predicted octanol–water partition coefficient (Wildman–Crippen LogP) is 5.33. The average molecular weight is 481 g/mol. The first-order valence-electron chi connectivity index (χ1n) is 11.3. The van der Waals surface area contributed by atoms with Gasteiger partial charge in [-0.2, -0.15) is 0 Å². The van der Waals surface area contributed by atoms with Crippen LogP contribution in [0.1, 0.15) is 45.1 Å². The number of carbonyl (C=O) groups excluding carboxylic acids is 2. The Labute approximate surface area is 205 Å². The summed E-state index contributed by atoms with van der Waals surface area (Å²) in [5, 5.41) is 0.569. The number of rotatable bonds is 5. The standard InChI is InChI=1S/C27H29ClN2O4/c1-5-34-26(32)24-22(16-6-8-17(28)9-7-16)23-20(14-27(2,3)15-21(23)31)30(25(24)29)18-10-12-19(33-4)13-11-18/h6-13,22H,5,14-15,29H2,1-4H3/t22-/m1/s1. The molecule has 0 aromatic heterocycles. The monoisotopic (exact) mass is 480 g/mol.